The molecule has 6 nitrogen and oxygen atoms in total. The lowest BCUT2D eigenvalue weighted by atomic mass is 10.1. The molecule has 0 heterocycles. The predicted molar refractivity (Wildman–Crippen MR) is 123 cm³/mol. The molecular weight excluding hydrogens is 398 g/mol. The molecule has 0 fully saturated rings. The van der Waals surface area contributed by atoms with Crippen molar-refractivity contribution in [1.82, 2.24) is 10.6 Å². The fourth-order valence-corrected chi connectivity index (χ4v) is 3.89. The van der Waals surface area contributed by atoms with Crippen LogP contribution >= 0.6 is 0 Å². The highest BCUT2D eigenvalue weighted by Crippen LogP contribution is 2.17. The minimum atomic E-state index is -3.21. The van der Waals surface area contributed by atoms with Crippen LogP contribution in [0.1, 0.15) is 37.5 Å². The molecule has 0 saturated heterocycles. The van der Waals surface area contributed by atoms with Crippen LogP contribution in [0, 0.1) is 12.8 Å². The molecule has 2 aromatic carbocycles. The number of ether oxygens (including phenoxy) is 1. The molecule has 30 heavy (non-hydrogen) atoms. The van der Waals surface area contributed by atoms with Gasteiger partial charge in [0, 0.05) is 19.3 Å². The van der Waals surface area contributed by atoms with Crippen LogP contribution in [-0.4, -0.2) is 33.8 Å². The molecule has 0 spiro atoms. The normalized spacial score (nSPS) is 12.1. The van der Waals surface area contributed by atoms with Gasteiger partial charge in [-0.1, -0.05) is 38.1 Å². The third-order valence-electron chi connectivity index (χ3n) is 4.34. The number of rotatable bonds is 9. The van der Waals surface area contributed by atoms with Gasteiger partial charge >= 0.3 is 0 Å². The van der Waals surface area contributed by atoms with Gasteiger partial charge in [0.2, 0.25) is 0 Å². The quantitative estimate of drug-likeness (QED) is 0.468. The molecule has 0 bridgehead atoms. The highest BCUT2D eigenvalue weighted by Gasteiger charge is 2.11. The Balaban J connectivity index is 2.03. The van der Waals surface area contributed by atoms with Crippen molar-refractivity contribution in [1.29, 1.82) is 0 Å². The fourth-order valence-electron chi connectivity index (χ4n) is 2.93. The number of nitrogens with one attached hydrogen (secondary N) is 2. The van der Waals surface area contributed by atoms with Crippen LogP contribution in [-0.2, 0) is 22.9 Å². The summed E-state index contributed by atoms with van der Waals surface area (Å²) in [6, 6.07) is 13.4. The van der Waals surface area contributed by atoms with Gasteiger partial charge in [-0.05, 0) is 54.7 Å². The van der Waals surface area contributed by atoms with E-state index in [0.29, 0.717) is 36.5 Å². The number of hydrogen-bond acceptors (Lipinski definition) is 4. The van der Waals surface area contributed by atoms with Gasteiger partial charge in [0.15, 0.2) is 15.8 Å². The van der Waals surface area contributed by atoms with Gasteiger partial charge < -0.3 is 15.4 Å². The van der Waals surface area contributed by atoms with E-state index in [1.165, 1.54) is 6.26 Å². The van der Waals surface area contributed by atoms with E-state index >= 15 is 0 Å². The maximum atomic E-state index is 11.8. The lowest BCUT2D eigenvalue weighted by Crippen LogP contribution is -2.36. The Bertz CT molecular complexity index is 969. The molecule has 2 aromatic rings. The predicted octanol–water partition coefficient (Wildman–Crippen LogP) is 3.69. The summed E-state index contributed by atoms with van der Waals surface area (Å²) in [5.41, 5.74) is 2.81. The summed E-state index contributed by atoms with van der Waals surface area (Å²) in [6.45, 7) is 10.6. The second-order valence-electron chi connectivity index (χ2n) is 7.77. The van der Waals surface area contributed by atoms with Crippen molar-refractivity contribution in [2.24, 2.45) is 10.9 Å². The van der Waals surface area contributed by atoms with E-state index in [9.17, 15) is 8.42 Å². The molecule has 0 radical (unpaired) electrons. The standard InChI is InChI=1S/C23H33N3O3S/c1-6-24-23(25-14-19-8-7-9-21(13-19)29-16-17(2)3)26-15-20-10-11-22(18(4)12-20)30(5,27)28/h7-13,17H,6,14-16H2,1-5H3,(H2,24,25,26). The number of aryl methyl sites for hydroxylation is 1. The number of benzene rings is 2. The van der Waals surface area contributed by atoms with Gasteiger partial charge in [-0.3, -0.25) is 0 Å². The van der Waals surface area contributed by atoms with Gasteiger partial charge in [0.1, 0.15) is 5.75 Å². The van der Waals surface area contributed by atoms with Crippen LogP contribution in [0.2, 0.25) is 0 Å². The molecule has 0 aliphatic carbocycles. The first-order valence-electron chi connectivity index (χ1n) is 10.2. The minimum absolute atomic E-state index is 0.367. The highest BCUT2D eigenvalue weighted by molar-refractivity contribution is 7.90. The summed E-state index contributed by atoms with van der Waals surface area (Å²) < 4.78 is 29.4. The fraction of sp³-hybridized carbons (Fsp3) is 0.435. The first kappa shape index (κ1) is 23.7. The molecule has 0 saturated carbocycles. The number of aliphatic imine (C=N–C) groups is 1. The Morgan fingerprint density at radius 2 is 1.87 bits per heavy atom. The zero-order valence-corrected chi connectivity index (χ0v) is 19.3. The smallest absolute Gasteiger partial charge is 0.191 e. The topological polar surface area (TPSA) is 79.8 Å². The summed E-state index contributed by atoms with van der Waals surface area (Å²) in [6.07, 6.45) is 1.23. The molecule has 2 N–H and O–H groups in total. The Labute approximate surface area is 180 Å². The zero-order valence-electron chi connectivity index (χ0n) is 18.5. The van der Waals surface area contributed by atoms with E-state index < -0.39 is 9.84 Å². The van der Waals surface area contributed by atoms with Crippen molar-refractivity contribution in [3.63, 3.8) is 0 Å². The summed E-state index contributed by atoms with van der Waals surface area (Å²) in [5.74, 6) is 2.04. The van der Waals surface area contributed by atoms with Gasteiger partial charge in [0.05, 0.1) is 18.0 Å². The SMILES string of the molecule is CCNC(=NCc1cccc(OCC(C)C)c1)NCc1ccc(S(C)(=O)=O)c(C)c1. The first-order valence-corrected chi connectivity index (χ1v) is 12.1. The van der Waals surface area contributed by atoms with E-state index in [2.05, 4.69) is 29.5 Å². The third-order valence-corrected chi connectivity index (χ3v) is 5.60. The van der Waals surface area contributed by atoms with Gasteiger partial charge in [-0.15, -0.1) is 0 Å². The van der Waals surface area contributed by atoms with E-state index in [1.807, 2.05) is 50.2 Å². The van der Waals surface area contributed by atoms with Crippen LogP contribution in [0.25, 0.3) is 0 Å². The molecule has 0 aliphatic rings. The lowest BCUT2D eigenvalue weighted by Gasteiger charge is -2.13. The van der Waals surface area contributed by atoms with Crippen molar-refractivity contribution in [3.8, 4) is 5.75 Å². The van der Waals surface area contributed by atoms with Crippen molar-refractivity contribution < 1.29 is 13.2 Å². The van der Waals surface area contributed by atoms with Crippen LogP contribution < -0.4 is 15.4 Å². The number of nitrogens with zero attached hydrogens (tertiary/aromatic N) is 1. The van der Waals surface area contributed by atoms with Gasteiger partial charge in [-0.25, -0.2) is 13.4 Å². The Kier molecular flexibility index (Phi) is 8.72. The molecule has 0 aromatic heterocycles. The van der Waals surface area contributed by atoms with Crippen molar-refractivity contribution in [3.05, 3.63) is 59.2 Å². The largest absolute Gasteiger partial charge is 0.493 e. The van der Waals surface area contributed by atoms with E-state index in [1.54, 1.807) is 6.07 Å². The Morgan fingerprint density at radius 1 is 1.10 bits per heavy atom. The van der Waals surface area contributed by atoms with E-state index in [0.717, 1.165) is 29.0 Å². The number of hydrogen-bond donors (Lipinski definition) is 2. The van der Waals surface area contributed by atoms with Crippen LogP contribution in [0.3, 0.4) is 0 Å². The second-order valence-corrected chi connectivity index (χ2v) is 9.76. The van der Waals surface area contributed by atoms with Crippen molar-refractivity contribution >= 4 is 15.8 Å². The molecule has 0 amide bonds. The molecule has 0 unspecified atom stereocenters. The first-order chi connectivity index (χ1) is 14.2. The Hall–Kier alpha value is -2.54. The molecule has 0 atom stereocenters. The second kappa shape index (κ2) is 11.0. The molecule has 7 heteroatoms. The zero-order chi connectivity index (χ0) is 22.1. The minimum Gasteiger partial charge on any atom is -0.493 e. The molecule has 164 valence electrons. The molecule has 2 rings (SSSR count). The molecular formula is C23H33N3O3S. The maximum absolute atomic E-state index is 11.8. The average molecular weight is 432 g/mol. The van der Waals surface area contributed by atoms with Crippen LogP contribution in [0.15, 0.2) is 52.4 Å². The third kappa shape index (κ3) is 7.71. The van der Waals surface area contributed by atoms with Crippen LogP contribution in [0.4, 0.5) is 0 Å². The monoisotopic (exact) mass is 431 g/mol. The molecule has 0 aliphatic heterocycles. The van der Waals surface area contributed by atoms with Gasteiger partial charge in [-0.2, -0.15) is 0 Å². The summed E-state index contributed by atoms with van der Waals surface area (Å²) in [4.78, 5) is 5.02. The summed E-state index contributed by atoms with van der Waals surface area (Å²) in [7, 11) is -3.21. The Morgan fingerprint density at radius 3 is 2.50 bits per heavy atom. The van der Waals surface area contributed by atoms with E-state index in [4.69, 9.17) is 4.74 Å². The van der Waals surface area contributed by atoms with Crippen molar-refractivity contribution in [2.45, 2.75) is 45.7 Å². The average Bonchev–Trinajstić information content (AvgIpc) is 2.68. The van der Waals surface area contributed by atoms with Gasteiger partial charge in [0.25, 0.3) is 0 Å². The van der Waals surface area contributed by atoms with Crippen LogP contribution in [0.5, 0.6) is 5.75 Å². The van der Waals surface area contributed by atoms with Crippen molar-refractivity contribution in [2.75, 3.05) is 19.4 Å². The van der Waals surface area contributed by atoms with E-state index in [-0.39, 0.29) is 0 Å². The lowest BCUT2D eigenvalue weighted by molar-refractivity contribution is 0.271. The highest BCUT2D eigenvalue weighted by atomic mass is 32.2. The maximum Gasteiger partial charge on any atom is 0.191 e. The number of sulfone groups is 1. The summed E-state index contributed by atoms with van der Waals surface area (Å²) in [5, 5.41) is 6.55. The summed E-state index contributed by atoms with van der Waals surface area (Å²) >= 11 is 0. The number of guanidine groups is 1.